The minimum absolute atomic E-state index is 0.0319. The number of carbonyl (C=O) groups excluding carboxylic acids is 1. The van der Waals surface area contributed by atoms with Crippen molar-refractivity contribution in [2.75, 3.05) is 0 Å². The molecule has 1 rings (SSSR count). The molecule has 0 N–H and O–H groups in total. The van der Waals surface area contributed by atoms with E-state index in [-0.39, 0.29) is 17.0 Å². The van der Waals surface area contributed by atoms with Crippen LogP contribution >= 0.6 is 0 Å². The van der Waals surface area contributed by atoms with Crippen LogP contribution in [-0.4, -0.2) is 5.78 Å². The Labute approximate surface area is 83.9 Å². The van der Waals surface area contributed by atoms with E-state index in [0.29, 0.717) is 11.1 Å². The van der Waals surface area contributed by atoms with Crippen molar-refractivity contribution in [2.45, 2.75) is 33.1 Å². The SMILES string of the molecule is CC(=O)c1ccc(F)c(C(C)(C)C)c1. The lowest BCUT2D eigenvalue weighted by molar-refractivity contribution is 0.101. The van der Waals surface area contributed by atoms with Gasteiger partial charge in [0.1, 0.15) is 5.82 Å². The molecule has 0 aromatic heterocycles. The van der Waals surface area contributed by atoms with Gasteiger partial charge in [0.25, 0.3) is 0 Å². The molecular weight excluding hydrogens is 179 g/mol. The van der Waals surface area contributed by atoms with E-state index < -0.39 is 0 Å². The molecule has 0 unspecified atom stereocenters. The summed E-state index contributed by atoms with van der Waals surface area (Å²) in [4.78, 5) is 11.1. The van der Waals surface area contributed by atoms with Crippen LogP contribution in [0.15, 0.2) is 18.2 Å². The minimum atomic E-state index is -0.268. The van der Waals surface area contributed by atoms with Crippen molar-refractivity contribution in [1.29, 1.82) is 0 Å². The van der Waals surface area contributed by atoms with E-state index in [1.165, 1.54) is 19.1 Å². The molecule has 1 aromatic rings. The van der Waals surface area contributed by atoms with E-state index in [2.05, 4.69) is 0 Å². The molecule has 0 atom stereocenters. The molecule has 0 saturated heterocycles. The fourth-order valence-corrected chi connectivity index (χ4v) is 1.32. The largest absolute Gasteiger partial charge is 0.295 e. The highest BCUT2D eigenvalue weighted by Gasteiger charge is 2.19. The number of halogens is 1. The second-order valence-corrected chi connectivity index (χ2v) is 4.50. The predicted octanol–water partition coefficient (Wildman–Crippen LogP) is 3.33. The van der Waals surface area contributed by atoms with Gasteiger partial charge in [-0.1, -0.05) is 20.8 Å². The van der Waals surface area contributed by atoms with Crippen molar-refractivity contribution >= 4 is 5.78 Å². The number of hydrogen-bond donors (Lipinski definition) is 0. The maximum atomic E-state index is 13.4. The van der Waals surface area contributed by atoms with E-state index in [9.17, 15) is 9.18 Å². The summed E-state index contributed by atoms with van der Waals surface area (Å²) in [5, 5.41) is 0. The minimum Gasteiger partial charge on any atom is -0.295 e. The third-order valence-electron chi connectivity index (χ3n) is 2.18. The van der Waals surface area contributed by atoms with E-state index in [4.69, 9.17) is 0 Å². The fraction of sp³-hybridized carbons (Fsp3) is 0.417. The molecule has 0 heterocycles. The first-order valence-corrected chi connectivity index (χ1v) is 4.63. The van der Waals surface area contributed by atoms with Gasteiger partial charge in [0, 0.05) is 5.56 Å². The van der Waals surface area contributed by atoms with Gasteiger partial charge in [0.15, 0.2) is 5.78 Å². The second kappa shape index (κ2) is 3.52. The van der Waals surface area contributed by atoms with Crippen molar-refractivity contribution in [3.8, 4) is 0 Å². The summed E-state index contributed by atoms with van der Waals surface area (Å²) in [5.74, 6) is -0.280. The molecule has 0 radical (unpaired) electrons. The highest BCUT2D eigenvalue weighted by molar-refractivity contribution is 5.94. The first-order chi connectivity index (χ1) is 6.32. The normalized spacial score (nSPS) is 11.5. The van der Waals surface area contributed by atoms with Gasteiger partial charge in [-0.15, -0.1) is 0 Å². The standard InChI is InChI=1S/C12H15FO/c1-8(14)9-5-6-11(13)10(7-9)12(2,3)4/h5-7H,1-4H3. The quantitative estimate of drug-likeness (QED) is 0.627. The lowest BCUT2D eigenvalue weighted by Crippen LogP contribution is -2.14. The first kappa shape index (κ1) is 10.9. The van der Waals surface area contributed by atoms with Crippen LogP contribution in [0.5, 0.6) is 0 Å². The van der Waals surface area contributed by atoms with Gasteiger partial charge >= 0.3 is 0 Å². The Hall–Kier alpha value is -1.18. The molecule has 0 aliphatic carbocycles. The van der Waals surface area contributed by atoms with Crippen LogP contribution in [0.3, 0.4) is 0 Å². The Kier molecular flexibility index (Phi) is 2.74. The number of ketones is 1. The number of carbonyl (C=O) groups is 1. The molecule has 0 fully saturated rings. The van der Waals surface area contributed by atoms with Crippen LogP contribution in [0.4, 0.5) is 4.39 Å². The Bertz CT molecular complexity index is 361. The molecule has 76 valence electrons. The van der Waals surface area contributed by atoms with E-state index in [1.54, 1.807) is 6.07 Å². The summed E-state index contributed by atoms with van der Waals surface area (Å²) in [6.45, 7) is 7.26. The third kappa shape index (κ3) is 2.19. The summed E-state index contributed by atoms with van der Waals surface area (Å²) >= 11 is 0. The van der Waals surface area contributed by atoms with E-state index >= 15 is 0 Å². The Balaban J connectivity index is 3.29. The van der Waals surface area contributed by atoms with Crippen molar-refractivity contribution in [1.82, 2.24) is 0 Å². The second-order valence-electron chi connectivity index (χ2n) is 4.50. The molecular formula is C12H15FO. The van der Waals surface area contributed by atoms with Crippen LogP contribution < -0.4 is 0 Å². The number of benzene rings is 1. The Morgan fingerprint density at radius 2 is 1.86 bits per heavy atom. The molecule has 1 nitrogen and oxygen atoms in total. The average molecular weight is 194 g/mol. The van der Waals surface area contributed by atoms with Crippen molar-refractivity contribution in [2.24, 2.45) is 0 Å². The zero-order chi connectivity index (χ0) is 10.9. The molecule has 0 spiro atoms. The first-order valence-electron chi connectivity index (χ1n) is 4.63. The van der Waals surface area contributed by atoms with E-state index in [1.807, 2.05) is 20.8 Å². The van der Waals surface area contributed by atoms with Gasteiger partial charge in [0.05, 0.1) is 0 Å². The smallest absolute Gasteiger partial charge is 0.159 e. The van der Waals surface area contributed by atoms with Crippen LogP contribution in [0.1, 0.15) is 43.6 Å². The van der Waals surface area contributed by atoms with Crippen LogP contribution in [0.25, 0.3) is 0 Å². The summed E-state index contributed by atoms with van der Waals surface area (Å²) in [6, 6.07) is 4.52. The van der Waals surface area contributed by atoms with Gasteiger partial charge in [-0.3, -0.25) is 4.79 Å². The molecule has 1 aromatic carbocycles. The van der Waals surface area contributed by atoms with Crippen LogP contribution in [0, 0.1) is 5.82 Å². The maximum Gasteiger partial charge on any atom is 0.159 e. The molecule has 2 heteroatoms. The topological polar surface area (TPSA) is 17.1 Å². The third-order valence-corrected chi connectivity index (χ3v) is 2.18. The summed E-state index contributed by atoms with van der Waals surface area (Å²) in [5.41, 5.74) is 0.886. The summed E-state index contributed by atoms with van der Waals surface area (Å²) < 4.78 is 13.4. The average Bonchev–Trinajstić information content (AvgIpc) is 2.02. The predicted molar refractivity (Wildman–Crippen MR) is 55.1 cm³/mol. The highest BCUT2D eigenvalue weighted by atomic mass is 19.1. The van der Waals surface area contributed by atoms with Gasteiger partial charge in [-0.2, -0.15) is 0 Å². The van der Waals surface area contributed by atoms with Crippen LogP contribution in [-0.2, 0) is 5.41 Å². The van der Waals surface area contributed by atoms with Gasteiger partial charge in [-0.25, -0.2) is 4.39 Å². The summed E-state index contributed by atoms with van der Waals surface area (Å²) in [6.07, 6.45) is 0. The van der Waals surface area contributed by atoms with Gasteiger partial charge < -0.3 is 0 Å². The molecule has 0 aliphatic rings. The lowest BCUT2D eigenvalue weighted by atomic mass is 9.85. The van der Waals surface area contributed by atoms with Crippen LogP contribution in [0.2, 0.25) is 0 Å². The number of rotatable bonds is 1. The lowest BCUT2D eigenvalue weighted by Gasteiger charge is -2.20. The fourth-order valence-electron chi connectivity index (χ4n) is 1.32. The van der Waals surface area contributed by atoms with E-state index in [0.717, 1.165) is 0 Å². The molecule has 0 aliphatic heterocycles. The van der Waals surface area contributed by atoms with Crippen molar-refractivity contribution < 1.29 is 9.18 Å². The van der Waals surface area contributed by atoms with Crippen molar-refractivity contribution in [3.63, 3.8) is 0 Å². The number of hydrogen-bond acceptors (Lipinski definition) is 1. The number of Topliss-reactive ketones (excluding diaryl/α,β-unsaturated/α-hetero) is 1. The zero-order valence-electron chi connectivity index (χ0n) is 9.02. The Morgan fingerprint density at radius 3 is 2.29 bits per heavy atom. The Morgan fingerprint density at radius 1 is 1.29 bits per heavy atom. The molecule has 0 bridgehead atoms. The molecule has 0 saturated carbocycles. The van der Waals surface area contributed by atoms with Gasteiger partial charge in [0.2, 0.25) is 0 Å². The van der Waals surface area contributed by atoms with Gasteiger partial charge in [-0.05, 0) is 36.1 Å². The maximum absolute atomic E-state index is 13.4. The van der Waals surface area contributed by atoms with Crippen molar-refractivity contribution in [3.05, 3.63) is 35.1 Å². The highest BCUT2D eigenvalue weighted by Crippen LogP contribution is 2.25. The zero-order valence-corrected chi connectivity index (χ0v) is 9.02. The monoisotopic (exact) mass is 194 g/mol. The molecule has 14 heavy (non-hydrogen) atoms. The molecule has 0 amide bonds. The summed E-state index contributed by atoms with van der Waals surface area (Å²) in [7, 11) is 0.